The summed E-state index contributed by atoms with van der Waals surface area (Å²) < 4.78 is 10.7. The van der Waals surface area contributed by atoms with Crippen LogP contribution in [0, 0.1) is 0 Å². The van der Waals surface area contributed by atoms with Crippen molar-refractivity contribution in [2.24, 2.45) is 0 Å². The van der Waals surface area contributed by atoms with Crippen LogP contribution in [0.15, 0.2) is 11.8 Å². The van der Waals surface area contributed by atoms with Gasteiger partial charge in [-0.15, -0.1) is 0 Å². The number of esters is 1. The molecule has 0 aliphatic heterocycles. The van der Waals surface area contributed by atoms with Crippen molar-refractivity contribution in [1.82, 2.24) is 4.90 Å². The van der Waals surface area contributed by atoms with E-state index in [9.17, 15) is 4.79 Å². The molecule has 4 nitrogen and oxygen atoms in total. The van der Waals surface area contributed by atoms with Gasteiger partial charge in [0.15, 0.2) is 0 Å². The topological polar surface area (TPSA) is 38.8 Å². The van der Waals surface area contributed by atoms with Crippen LogP contribution >= 0.6 is 0 Å². The molecule has 0 atom stereocenters. The summed E-state index contributed by atoms with van der Waals surface area (Å²) in [5.74, 6) is 0.0418. The summed E-state index contributed by atoms with van der Waals surface area (Å²) in [6.07, 6.45) is 8.88. The van der Waals surface area contributed by atoms with Crippen molar-refractivity contribution >= 4 is 5.97 Å². The van der Waals surface area contributed by atoms with Crippen LogP contribution in [0.1, 0.15) is 66.2 Å². The fraction of sp³-hybridized carbons (Fsp3) is 0.833. The Hall–Kier alpha value is -1.03. The third kappa shape index (κ3) is 10.7. The van der Waals surface area contributed by atoms with Crippen LogP contribution in [-0.4, -0.2) is 43.7 Å². The van der Waals surface area contributed by atoms with Crippen molar-refractivity contribution in [2.75, 3.05) is 32.8 Å². The van der Waals surface area contributed by atoms with E-state index in [1.54, 1.807) is 0 Å². The molecule has 0 spiro atoms. The molecule has 0 aromatic rings. The Morgan fingerprint density at radius 2 is 1.64 bits per heavy atom. The molecule has 0 bridgehead atoms. The quantitative estimate of drug-likeness (QED) is 0.209. The summed E-state index contributed by atoms with van der Waals surface area (Å²) in [6, 6.07) is 0. The maximum Gasteiger partial charge on any atom is 0.373 e. The Morgan fingerprint density at radius 1 is 0.955 bits per heavy atom. The molecular formula is C18H35NO3. The van der Waals surface area contributed by atoms with Crippen LogP contribution in [0.5, 0.6) is 0 Å². The van der Waals surface area contributed by atoms with Crippen molar-refractivity contribution in [1.29, 1.82) is 0 Å². The number of rotatable bonds is 14. The lowest BCUT2D eigenvalue weighted by Gasteiger charge is -2.18. The summed E-state index contributed by atoms with van der Waals surface area (Å²) in [5, 5.41) is 0. The smallest absolute Gasteiger partial charge is 0.373 e. The molecule has 0 fully saturated rings. The molecule has 0 aliphatic carbocycles. The molecule has 0 N–H and O–H groups in total. The number of carbonyl (C=O) groups excluding carboxylic acids is 1. The Kier molecular flexibility index (Phi) is 14.2. The maximum atomic E-state index is 11.9. The van der Waals surface area contributed by atoms with Gasteiger partial charge in [0, 0.05) is 6.54 Å². The second kappa shape index (κ2) is 14.9. The average Bonchev–Trinajstić information content (AvgIpc) is 2.53. The number of allylic oxidation sites excluding steroid dienone is 1. The van der Waals surface area contributed by atoms with Gasteiger partial charge in [-0.05, 0) is 38.9 Å². The van der Waals surface area contributed by atoms with Crippen LogP contribution in [0.3, 0.4) is 0 Å². The number of hydrogen-bond acceptors (Lipinski definition) is 4. The molecule has 0 rings (SSSR count). The van der Waals surface area contributed by atoms with E-state index >= 15 is 0 Å². The van der Waals surface area contributed by atoms with Gasteiger partial charge in [-0.1, -0.05) is 46.5 Å². The summed E-state index contributed by atoms with van der Waals surface area (Å²) in [7, 11) is 0. The zero-order valence-corrected chi connectivity index (χ0v) is 15.0. The second-order valence-electron chi connectivity index (χ2n) is 5.37. The average molecular weight is 313 g/mol. The van der Waals surface area contributed by atoms with Crippen molar-refractivity contribution in [2.45, 2.75) is 66.2 Å². The standard InChI is InChI=1S/C18H35NO3/c1-5-9-10-11-12-13-14-17(18(20)21-8-4)22-16-15-19(6-2)7-3/h14H,5-13,15-16H2,1-4H3/b17-14+. The Labute approximate surface area is 136 Å². The number of ether oxygens (including phenoxy) is 2. The predicted molar refractivity (Wildman–Crippen MR) is 91.8 cm³/mol. The van der Waals surface area contributed by atoms with Gasteiger partial charge < -0.3 is 14.4 Å². The zero-order chi connectivity index (χ0) is 16.6. The number of hydrogen-bond donors (Lipinski definition) is 0. The normalized spacial score (nSPS) is 11.8. The summed E-state index contributed by atoms with van der Waals surface area (Å²) in [5.41, 5.74) is 0. The molecule has 0 aromatic heterocycles. The van der Waals surface area contributed by atoms with E-state index in [4.69, 9.17) is 9.47 Å². The molecule has 0 radical (unpaired) electrons. The Balaban J connectivity index is 4.22. The highest BCUT2D eigenvalue weighted by molar-refractivity contribution is 5.86. The predicted octanol–water partition coefficient (Wildman–Crippen LogP) is 4.15. The van der Waals surface area contributed by atoms with Crippen LogP contribution in [0.25, 0.3) is 0 Å². The molecule has 22 heavy (non-hydrogen) atoms. The first kappa shape index (κ1) is 21.0. The largest absolute Gasteiger partial charge is 0.485 e. The van der Waals surface area contributed by atoms with Gasteiger partial charge in [0.2, 0.25) is 5.76 Å². The van der Waals surface area contributed by atoms with Gasteiger partial charge in [-0.25, -0.2) is 4.79 Å². The minimum absolute atomic E-state index is 0.337. The van der Waals surface area contributed by atoms with Crippen LogP contribution in [0.4, 0.5) is 0 Å². The monoisotopic (exact) mass is 313 g/mol. The second-order valence-corrected chi connectivity index (χ2v) is 5.37. The molecule has 0 aliphatic rings. The third-order valence-electron chi connectivity index (χ3n) is 3.67. The highest BCUT2D eigenvalue weighted by atomic mass is 16.6. The fourth-order valence-corrected chi connectivity index (χ4v) is 2.21. The van der Waals surface area contributed by atoms with Gasteiger partial charge in [0.1, 0.15) is 6.61 Å². The number of carbonyl (C=O) groups is 1. The molecule has 0 amide bonds. The molecule has 130 valence electrons. The summed E-state index contributed by atoms with van der Waals surface area (Å²) in [4.78, 5) is 14.2. The van der Waals surface area contributed by atoms with E-state index in [0.717, 1.165) is 32.5 Å². The van der Waals surface area contributed by atoms with E-state index in [0.29, 0.717) is 19.0 Å². The van der Waals surface area contributed by atoms with Crippen LogP contribution in [0.2, 0.25) is 0 Å². The molecule has 0 aromatic carbocycles. The first-order valence-electron chi connectivity index (χ1n) is 8.91. The first-order valence-corrected chi connectivity index (χ1v) is 8.91. The molecule has 0 saturated heterocycles. The lowest BCUT2D eigenvalue weighted by Crippen LogP contribution is -2.27. The summed E-state index contributed by atoms with van der Waals surface area (Å²) >= 11 is 0. The highest BCUT2D eigenvalue weighted by Gasteiger charge is 2.12. The lowest BCUT2D eigenvalue weighted by atomic mass is 10.1. The Bertz CT molecular complexity index is 299. The SMILES string of the molecule is CCCCCCC/C=C(/OCCN(CC)CC)C(=O)OCC. The lowest BCUT2D eigenvalue weighted by molar-refractivity contribution is -0.142. The van der Waals surface area contributed by atoms with Crippen molar-refractivity contribution < 1.29 is 14.3 Å². The van der Waals surface area contributed by atoms with E-state index in [1.807, 2.05) is 13.0 Å². The van der Waals surface area contributed by atoms with Crippen LogP contribution in [-0.2, 0) is 14.3 Å². The first-order chi connectivity index (χ1) is 10.7. The molecule has 0 unspecified atom stereocenters. The van der Waals surface area contributed by atoms with E-state index in [2.05, 4.69) is 25.7 Å². The van der Waals surface area contributed by atoms with Gasteiger partial charge >= 0.3 is 5.97 Å². The molecule has 4 heteroatoms. The van der Waals surface area contributed by atoms with Gasteiger partial charge in [-0.2, -0.15) is 0 Å². The van der Waals surface area contributed by atoms with Gasteiger partial charge in [-0.3, -0.25) is 0 Å². The van der Waals surface area contributed by atoms with Crippen molar-refractivity contribution in [3.8, 4) is 0 Å². The molecule has 0 saturated carbocycles. The minimum atomic E-state index is -0.337. The van der Waals surface area contributed by atoms with E-state index in [-0.39, 0.29) is 5.97 Å². The minimum Gasteiger partial charge on any atom is -0.485 e. The van der Waals surface area contributed by atoms with Gasteiger partial charge in [0.05, 0.1) is 6.61 Å². The highest BCUT2D eigenvalue weighted by Crippen LogP contribution is 2.09. The van der Waals surface area contributed by atoms with E-state index in [1.165, 1.54) is 25.7 Å². The Morgan fingerprint density at radius 3 is 2.23 bits per heavy atom. The molecular weight excluding hydrogens is 278 g/mol. The number of nitrogens with zero attached hydrogens (tertiary/aromatic N) is 1. The van der Waals surface area contributed by atoms with Crippen molar-refractivity contribution in [3.63, 3.8) is 0 Å². The van der Waals surface area contributed by atoms with Crippen molar-refractivity contribution in [3.05, 3.63) is 11.8 Å². The number of unbranched alkanes of at least 4 members (excludes halogenated alkanes) is 5. The van der Waals surface area contributed by atoms with Gasteiger partial charge in [0.25, 0.3) is 0 Å². The summed E-state index contributed by atoms with van der Waals surface area (Å²) in [6.45, 7) is 12.0. The maximum absolute atomic E-state index is 11.9. The molecule has 0 heterocycles. The zero-order valence-electron chi connectivity index (χ0n) is 15.0. The van der Waals surface area contributed by atoms with Crippen LogP contribution < -0.4 is 0 Å². The fourth-order valence-electron chi connectivity index (χ4n) is 2.21. The third-order valence-corrected chi connectivity index (χ3v) is 3.67. The van der Waals surface area contributed by atoms with E-state index < -0.39 is 0 Å². The number of likely N-dealkylation sites (N-methyl/N-ethyl adjacent to an activating group) is 1.